The molecule has 0 bridgehead atoms. The Bertz CT molecular complexity index is 432. The number of nitrogens with zero attached hydrogens (tertiary/aromatic N) is 1. The summed E-state index contributed by atoms with van der Waals surface area (Å²) < 4.78 is 1.05. The molecule has 1 aliphatic rings. The zero-order valence-electron chi connectivity index (χ0n) is 10.6. The number of carbonyl (C=O) groups is 1. The Labute approximate surface area is 116 Å². The highest BCUT2D eigenvalue weighted by atomic mass is 79.9. The highest BCUT2D eigenvalue weighted by molar-refractivity contribution is 9.10. The molecule has 0 radical (unpaired) electrons. The van der Waals surface area contributed by atoms with Crippen LogP contribution < -0.4 is 5.73 Å². The zero-order valence-corrected chi connectivity index (χ0v) is 12.2. The number of nitrogens with two attached hydrogens (primary N) is 1. The Morgan fingerprint density at radius 3 is 2.72 bits per heavy atom. The molecular formula is C14H19BrN2O. The molecule has 0 saturated heterocycles. The fourth-order valence-corrected chi connectivity index (χ4v) is 2.38. The van der Waals surface area contributed by atoms with E-state index < -0.39 is 0 Å². The van der Waals surface area contributed by atoms with Gasteiger partial charge in [-0.15, -0.1) is 0 Å². The van der Waals surface area contributed by atoms with Gasteiger partial charge in [0.15, 0.2) is 0 Å². The Hall–Kier alpha value is -0.870. The largest absolute Gasteiger partial charge is 0.334 e. The van der Waals surface area contributed by atoms with E-state index >= 15 is 0 Å². The summed E-state index contributed by atoms with van der Waals surface area (Å²) in [6.07, 6.45) is 2.90. The molecule has 1 aromatic carbocycles. The van der Waals surface area contributed by atoms with Crippen molar-refractivity contribution in [1.82, 2.24) is 4.90 Å². The molecule has 2 N–H and O–H groups in total. The van der Waals surface area contributed by atoms with E-state index in [2.05, 4.69) is 15.9 Å². The van der Waals surface area contributed by atoms with Gasteiger partial charge in [0.1, 0.15) is 0 Å². The van der Waals surface area contributed by atoms with E-state index in [0.29, 0.717) is 19.0 Å². The zero-order chi connectivity index (χ0) is 13.1. The minimum atomic E-state index is -0.368. The SMILES string of the molecule is CCC(N)C(=O)N(Cc1ccccc1Br)C1CC1. The van der Waals surface area contributed by atoms with Crippen LogP contribution in [0.4, 0.5) is 0 Å². The van der Waals surface area contributed by atoms with Crippen molar-refractivity contribution in [3.05, 3.63) is 34.3 Å². The van der Waals surface area contributed by atoms with Crippen LogP contribution in [0.5, 0.6) is 0 Å². The third-order valence-electron chi connectivity index (χ3n) is 3.33. The van der Waals surface area contributed by atoms with Crippen molar-refractivity contribution >= 4 is 21.8 Å². The normalized spacial score (nSPS) is 16.4. The van der Waals surface area contributed by atoms with Gasteiger partial charge in [0.05, 0.1) is 6.04 Å². The number of halogens is 1. The van der Waals surface area contributed by atoms with Gasteiger partial charge in [-0.25, -0.2) is 0 Å². The van der Waals surface area contributed by atoms with Crippen molar-refractivity contribution in [3.63, 3.8) is 0 Å². The number of hydrogen-bond donors (Lipinski definition) is 1. The van der Waals surface area contributed by atoms with Gasteiger partial charge >= 0.3 is 0 Å². The van der Waals surface area contributed by atoms with Crippen molar-refractivity contribution in [2.24, 2.45) is 5.73 Å². The smallest absolute Gasteiger partial charge is 0.240 e. The van der Waals surface area contributed by atoms with Gasteiger partial charge in [-0.3, -0.25) is 4.79 Å². The summed E-state index contributed by atoms with van der Waals surface area (Å²) in [7, 11) is 0. The molecule has 4 heteroatoms. The average molecular weight is 311 g/mol. The monoisotopic (exact) mass is 310 g/mol. The van der Waals surface area contributed by atoms with Crippen molar-refractivity contribution in [2.45, 2.75) is 44.8 Å². The van der Waals surface area contributed by atoms with Crippen LogP contribution in [0.1, 0.15) is 31.7 Å². The number of rotatable bonds is 5. The first-order valence-corrected chi connectivity index (χ1v) is 7.22. The lowest BCUT2D eigenvalue weighted by Gasteiger charge is -2.25. The molecular weight excluding hydrogens is 292 g/mol. The molecule has 1 saturated carbocycles. The van der Waals surface area contributed by atoms with Gasteiger partial charge in [0.25, 0.3) is 0 Å². The van der Waals surface area contributed by atoms with Gasteiger partial charge in [-0.2, -0.15) is 0 Å². The Kier molecular flexibility index (Phi) is 4.40. The summed E-state index contributed by atoms with van der Waals surface area (Å²) in [6, 6.07) is 8.05. The highest BCUT2D eigenvalue weighted by Crippen LogP contribution is 2.30. The summed E-state index contributed by atoms with van der Waals surface area (Å²) in [6.45, 7) is 2.60. The molecule has 1 amide bonds. The maximum atomic E-state index is 12.3. The van der Waals surface area contributed by atoms with Crippen LogP contribution in [0.2, 0.25) is 0 Å². The molecule has 0 heterocycles. The van der Waals surface area contributed by atoms with Crippen LogP contribution in [0.15, 0.2) is 28.7 Å². The van der Waals surface area contributed by atoms with Crippen LogP contribution in [0.25, 0.3) is 0 Å². The van der Waals surface area contributed by atoms with E-state index in [1.807, 2.05) is 36.1 Å². The van der Waals surface area contributed by atoms with Gasteiger partial charge in [0.2, 0.25) is 5.91 Å². The molecule has 98 valence electrons. The summed E-state index contributed by atoms with van der Waals surface area (Å²) in [5.41, 5.74) is 7.01. The molecule has 18 heavy (non-hydrogen) atoms. The van der Waals surface area contributed by atoms with E-state index in [0.717, 1.165) is 22.9 Å². The van der Waals surface area contributed by atoms with E-state index in [1.165, 1.54) is 0 Å². The first kappa shape index (κ1) is 13.6. The second kappa shape index (κ2) is 5.85. The number of carbonyl (C=O) groups excluding carboxylic acids is 1. The second-order valence-electron chi connectivity index (χ2n) is 4.80. The summed E-state index contributed by atoms with van der Waals surface area (Å²) >= 11 is 3.53. The van der Waals surface area contributed by atoms with Crippen LogP contribution in [0, 0.1) is 0 Å². The number of amides is 1. The lowest BCUT2D eigenvalue weighted by Crippen LogP contribution is -2.44. The summed E-state index contributed by atoms with van der Waals surface area (Å²) in [5, 5.41) is 0. The molecule has 3 nitrogen and oxygen atoms in total. The van der Waals surface area contributed by atoms with Crippen LogP contribution in [-0.2, 0) is 11.3 Å². The van der Waals surface area contributed by atoms with Crippen molar-refractivity contribution in [3.8, 4) is 0 Å². The number of hydrogen-bond acceptors (Lipinski definition) is 2. The van der Waals surface area contributed by atoms with Gasteiger partial charge < -0.3 is 10.6 Å². The lowest BCUT2D eigenvalue weighted by atomic mass is 10.1. The van der Waals surface area contributed by atoms with Gasteiger partial charge in [0, 0.05) is 17.1 Å². The third kappa shape index (κ3) is 3.12. The van der Waals surface area contributed by atoms with Gasteiger partial charge in [-0.05, 0) is 30.9 Å². The summed E-state index contributed by atoms with van der Waals surface area (Å²) in [5.74, 6) is 0.0794. The topological polar surface area (TPSA) is 46.3 Å². The van der Waals surface area contributed by atoms with Crippen molar-refractivity contribution < 1.29 is 4.79 Å². The molecule has 1 atom stereocenters. The van der Waals surface area contributed by atoms with E-state index in [1.54, 1.807) is 0 Å². The molecule has 0 aromatic heterocycles. The Balaban J connectivity index is 2.12. The first-order chi connectivity index (χ1) is 8.63. The third-order valence-corrected chi connectivity index (χ3v) is 4.10. The van der Waals surface area contributed by atoms with Crippen molar-refractivity contribution in [1.29, 1.82) is 0 Å². The molecule has 1 aliphatic carbocycles. The lowest BCUT2D eigenvalue weighted by molar-refractivity contribution is -0.133. The molecule has 1 aromatic rings. The maximum Gasteiger partial charge on any atom is 0.240 e. The highest BCUT2D eigenvalue weighted by Gasteiger charge is 2.34. The summed E-state index contributed by atoms with van der Waals surface area (Å²) in [4.78, 5) is 14.2. The van der Waals surface area contributed by atoms with Crippen LogP contribution in [-0.4, -0.2) is 22.9 Å². The van der Waals surface area contributed by atoms with E-state index in [4.69, 9.17) is 5.73 Å². The quantitative estimate of drug-likeness (QED) is 0.909. The Morgan fingerprint density at radius 1 is 1.50 bits per heavy atom. The fourth-order valence-electron chi connectivity index (χ4n) is 1.97. The minimum absolute atomic E-state index is 0.0794. The Morgan fingerprint density at radius 2 is 2.17 bits per heavy atom. The van der Waals surface area contributed by atoms with Crippen molar-refractivity contribution in [2.75, 3.05) is 0 Å². The standard InChI is InChI=1S/C14H19BrN2O/c1-2-13(16)14(18)17(11-7-8-11)9-10-5-3-4-6-12(10)15/h3-6,11,13H,2,7-9,16H2,1H3. The van der Waals surface area contributed by atoms with E-state index in [9.17, 15) is 4.79 Å². The second-order valence-corrected chi connectivity index (χ2v) is 5.66. The predicted octanol–water partition coefficient (Wildman–Crippen LogP) is 2.68. The molecule has 0 aliphatic heterocycles. The molecule has 2 rings (SSSR count). The average Bonchev–Trinajstić information content (AvgIpc) is 3.20. The minimum Gasteiger partial charge on any atom is -0.334 e. The maximum absolute atomic E-state index is 12.3. The van der Waals surface area contributed by atoms with Gasteiger partial charge in [-0.1, -0.05) is 41.1 Å². The molecule has 1 fully saturated rings. The fraction of sp³-hybridized carbons (Fsp3) is 0.500. The van der Waals surface area contributed by atoms with Crippen LogP contribution in [0.3, 0.4) is 0 Å². The van der Waals surface area contributed by atoms with Crippen LogP contribution >= 0.6 is 15.9 Å². The first-order valence-electron chi connectivity index (χ1n) is 6.43. The molecule has 0 spiro atoms. The predicted molar refractivity (Wildman–Crippen MR) is 76.0 cm³/mol. The van der Waals surface area contributed by atoms with E-state index in [-0.39, 0.29) is 11.9 Å². The molecule has 1 unspecified atom stereocenters. The number of benzene rings is 1.